The molecule has 1 atom stereocenters. The summed E-state index contributed by atoms with van der Waals surface area (Å²) in [6.07, 6.45) is -0.993. The van der Waals surface area contributed by atoms with Gasteiger partial charge in [0, 0.05) is 11.1 Å². The van der Waals surface area contributed by atoms with E-state index in [1.54, 1.807) is 6.07 Å². The van der Waals surface area contributed by atoms with Crippen LogP contribution in [-0.4, -0.2) is 30.5 Å². The number of benzene rings is 3. The summed E-state index contributed by atoms with van der Waals surface area (Å²) < 4.78 is 10.4. The van der Waals surface area contributed by atoms with Crippen molar-refractivity contribution in [3.8, 4) is 5.75 Å². The SMILES string of the molecule is CC(OC(=O)c1ccc(OCC(N)=O)cc1)C(=O)Nc1cccc2ccccc12. The molecule has 0 heterocycles. The quantitative estimate of drug-likeness (QED) is 0.601. The number of esters is 1. The van der Waals surface area contributed by atoms with E-state index in [-0.39, 0.29) is 12.2 Å². The first-order valence-corrected chi connectivity index (χ1v) is 8.95. The zero-order valence-electron chi connectivity index (χ0n) is 15.8. The van der Waals surface area contributed by atoms with Crippen molar-refractivity contribution in [2.45, 2.75) is 13.0 Å². The molecule has 0 spiro atoms. The topological polar surface area (TPSA) is 108 Å². The summed E-state index contributed by atoms with van der Waals surface area (Å²) in [6, 6.07) is 19.2. The maximum atomic E-state index is 12.5. The molecule has 3 aromatic carbocycles. The van der Waals surface area contributed by atoms with Gasteiger partial charge in [0.15, 0.2) is 12.7 Å². The third-order valence-corrected chi connectivity index (χ3v) is 4.17. The van der Waals surface area contributed by atoms with Gasteiger partial charge < -0.3 is 20.5 Å². The van der Waals surface area contributed by atoms with Crippen LogP contribution in [-0.2, 0) is 14.3 Å². The van der Waals surface area contributed by atoms with E-state index in [0.29, 0.717) is 11.4 Å². The van der Waals surface area contributed by atoms with Crippen molar-refractivity contribution in [2.75, 3.05) is 11.9 Å². The Balaban J connectivity index is 1.61. The molecule has 3 aromatic rings. The summed E-state index contributed by atoms with van der Waals surface area (Å²) in [5, 5.41) is 4.69. The number of nitrogens with one attached hydrogen (secondary N) is 1. The zero-order chi connectivity index (χ0) is 20.8. The number of primary amides is 1. The molecule has 3 N–H and O–H groups in total. The Hall–Kier alpha value is -3.87. The number of carbonyl (C=O) groups is 3. The van der Waals surface area contributed by atoms with Crippen LogP contribution < -0.4 is 15.8 Å². The number of anilines is 1. The molecule has 0 saturated heterocycles. The Morgan fingerprint density at radius 1 is 0.966 bits per heavy atom. The molecule has 0 saturated carbocycles. The van der Waals surface area contributed by atoms with Gasteiger partial charge in [-0.25, -0.2) is 4.79 Å². The number of carbonyl (C=O) groups excluding carboxylic acids is 3. The van der Waals surface area contributed by atoms with Gasteiger partial charge in [0.2, 0.25) is 0 Å². The first kappa shape index (κ1) is 19.9. The number of ether oxygens (including phenoxy) is 2. The summed E-state index contributed by atoms with van der Waals surface area (Å²) >= 11 is 0. The second kappa shape index (κ2) is 8.88. The average molecular weight is 392 g/mol. The highest BCUT2D eigenvalue weighted by atomic mass is 16.5. The molecule has 0 aromatic heterocycles. The largest absolute Gasteiger partial charge is 0.484 e. The summed E-state index contributed by atoms with van der Waals surface area (Å²) in [7, 11) is 0. The predicted molar refractivity (Wildman–Crippen MR) is 109 cm³/mol. The van der Waals surface area contributed by atoms with E-state index in [1.165, 1.54) is 31.2 Å². The van der Waals surface area contributed by atoms with Crippen molar-refractivity contribution in [1.29, 1.82) is 0 Å². The maximum absolute atomic E-state index is 12.5. The predicted octanol–water partition coefficient (Wildman–Crippen LogP) is 2.89. The fraction of sp³-hybridized carbons (Fsp3) is 0.136. The minimum Gasteiger partial charge on any atom is -0.484 e. The van der Waals surface area contributed by atoms with Gasteiger partial charge in [-0.05, 0) is 42.6 Å². The fourth-order valence-electron chi connectivity index (χ4n) is 2.69. The van der Waals surface area contributed by atoms with Gasteiger partial charge in [-0.2, -0.15) is 0 Å². The van der Waals surface area contributed by atoms with E-state index in [9.17, 15) is 14.4 Å². The molecule has 0 aliphatic rings. The van der Waals surface area contributed by atoms with Gasteiger partial charge in [-0.3, -0.25) is 9.59 Å². The fourth-order valence-corrected chi connectivity index (χ4v) is 2.69. The van der Waals surface area contributed by atoms with Gasteiger partial charge in [0.25, 0.3) is 11.8 Å². The highest BCUT2D eigenvalue weighted by Crippen LogP contribution is 2.23. The second-order valence-corrected chi connectivity index (χ2v) is 6.34. The lowest BCUT2D eigenvalue weighted by molar-refractivity contribution is -0.123. The molecule has 29 heavy (non-hydrogen) atoms. The number of fused-ring (bicyclic) bond motifs is 1. The smallest absolute Gasteiger partial charge is 0.338 e. The summed E-state index contributed by atoms with van der Waals surface area (Å²) in [5.41, 5.74) is 5.91. The Kier molecular flexibility index (Phi) is 6.09. The molecular formula is C22H20N2O5. The number of hydrogen-bond donors (Lipinski definition) is 2. The molecule has 3 rings (SSSR count). The van der Waals surface area contributed by atoms with Crippen molar-refractivity contribution >= 4 is 34.2 Å². The van der Waals surface area contributed by atoms with Gasteiger partial charge in [0.05, 0.1) is 5.56 Å². The van der Waals surface area contributed by atoms with E-state index < -0.39 is 23.9 Å². The second-order valence-electron chi connectivity index (χ2n) is 6.34. The van der Waals surface area contributed by atoms with Crippen LogP contribution in [0.15, 0.2) is 66.7 Å². The molecule has 0 aliphatic carbocycles. The van der Waals surface area contributed by atoms with Crippen molar-refractivity contribution in [3.63, 3.8) is 0 Å². The Bertz CT molecular complexity index is 1040. The maximum Gasteiger partial charge on any atom is 0.338 e. The molecular weight excluding hydrogens is 372 g/mol. The van der Waals surface area contributed by atoms with E-state index in [4.69, 9.17) is 15.2 Å². The molecule has 0 radical (unpaired) electrons. The van der Waals surface area contributed by atoms with E-state index in [0.717, 1.165) is 10.8 Å². The normalized spacial score (nSPS) is 11.5. The Morgan fingerprint density at radius 3 is 2.38 bits per heavy atom. The van der Waals surface area contributed by atoms with Gasteiger partial charge in [-0.15, -0.1) is 0 Å². The van der Waals surface area contributed by atoms with Crippen LogP contribution in [0.1, 0.15) is 17.3 Å². The minimum atomic E-state index is -0.993. The van der Waals surface area contributed by atoms with Crippen molar-refractivity contribution < 1.29 is 23.9 Å². The highest BCUT2D eigenvalue weighted by molar-refractivity contribution is 6.04. The lowest BCUT2D eigenvalue weighted by Gasteiger charge is -2.15. The summed E-state index contributed by atoms with van der Waals surface area (Å²) in [6.45, 7) is 1.25. The van der Waals surface area contributed by atoms with Crippen molar-refractivity contribution in [3.05, 3.63) is 72.3 Å². The molecule has 0 bridgehead atoms. The molecule has 0 aliphatic heterocycles. The van der Waals surface area contributed by atoms with Crippen LogP contribution in [0.25, 0.3) is 10.8 Å². The number of nitrogens with two attached hydrogens (primary N) is 1. The zero-order valence-corrected chi connectivity index (χ0v) is 15.8. The molecule has 0 fully saturated rings. The van der Waals surface area contributed by atoms with Crippen LogP contribution in [0.4, 0.5) is 5.69 Å². The molecule has 7 heteroatoms. The van der Waals surface area contributed by atoms with Gasteiger partial charge in [0.1, 0.15) is 5.75 Å². The van der Waals surface area contributed by atoms with Crippen LogP contribution in [0.3, 0.4) is 0 Å². The molecule has 2 amide bonds. The standard InChI is InChI=1S/C22H20N2O5/c1-14(21(26)24-19-8-4-6-15-5-2-3-7-18(15)19)29-22(27)16-9-11-17(12-10-16)28-13-20(23)25/h2-12,14H,13H2,1H3,(H2,23,25)(H,24,26). The van der Waals surface area contributed by atoms with E-state index >= 15 is 0 Å². The van der Waals surface area contributed by atoms with Crippen LogP contribution in [0, 0.1) is 0 Å². The minimum absolute atomic E-state index is 0.251. The van der Waals surface area contributed by atoms with Gasteiger partial charge >= 0.3 is 5.97 Å². The monoisotopic (exact) mass is 392 g/mol. The first-order valence-electron chi connectivity index (χ1n) is 8.95. The first-order chi connectivity index (χ1) is 13.9. The van der Waals surface area contributed by atoms with E-state index in [2.05, 4.69) is 5.32 Å². The van der Waals surface area contributed by atoms with Crippen LogP contribution in [0.2, 0.25) is 0 Å². The summed E-state index contributed by atoms with van der Waals surface area (Å²) in [4.78, 5) is 35.5. The highest BCUT2D eigenvalue weighted by Gasteiger charge is 2.19. The Labute approximate surface area is 167 Å². The van der Waals surface area contributed by atoms with E-state index in [1.807, 2.05) is 36.4 Å². The number of rotatable bonds is 7. The Morgan fingerprint density at radius 2 is 1.66 bits per heavy atom. The lowest BCUT2D eigenvalue weighted by atomic mass is 10.1. The van der Waals surface area contributed by atoms with Crippen molar-refractivity contribution in [1.82, 2.24) is 0 Å². The third-order valence-electron chi connectivity index (χ3n) is 4.17. The number of hydrogen-bond acceptors (Lipinski definition) is 5. The third kappa shape index (κ3) is 5.10. The molecule has 148 valence electrons. The molecule has 7 nitrogen and oxygen atoms in total. The molecule has 1 unspecified atom stereocenters. The number of amides is 2. The van der Waals surface area contributed by atoms with Crippen molar-refractivity contribution in [2.24, 2.45) is 5.73 Å². The van der Waals surface area contributed by atoms with Crippen LogP contribution in [0.5, 0.6) is 5.75 Å². The van der Waals surface area contributed by atoms with Crippen LogP contribution >= 0.6 is 0 Å². The summed E-state index contributed by atoms with van der Waals surface area (Å²) in [5.74, 6) is -1.29. The lowest BCUT2D eigenvalue weighted by Crippen LogP contribution is -2.30. The van der Waals surface area contributed by atoms with Gasteiger partial charge in [-0.1, -0.05) is 36.4 Å². The average Bonchev–Trinajstić information content (AvgIpc) is 2.72.